The van der Waals surface area contributed by atoms with Crippen LogP contribution in [0, 0.1) is 11.7 Å². The molecule has 0 bridgehead atoms. The van der Waals surface area contributed by atoms with E-state index in [1.807, 2.05) is 42.5 Å². The minimum Gasteiger partial charge on any atom is -0.339 e. The number of hydrogen-bond acceptors (Lipinski definition) is 3. The average molecular weight is 403 g/mol. The van der Waals surface area contributed by atoms with Gasteiger partial charge in [0, 0.05) is 30.1 Å². The third-order valence-corrected chi connectivity index (χ3v) is 5.45. The summed E-state index contributed by atoms with van der Waals surface area (Å²) in [5, 5.41) is 6.33. The van der Waals surface area contributed by atoms with Crippen molar-refractivity contribution in [2.45, 2.75) is 12.8 Å². The maximum atomic E-state index is 13.0. The molecule has 152 valence electrons. The molecule has 0 aliphatic carbocycles. The number of nitrogens with one attached hydrogen (secondary N) is 1. The average Bonchev–Trinajstić information content (AvgIpc) is 2.79. The van der Waals surface area contributed by atoms with Crippen molar-refractivity contribution in [2.75, 3.05) is 13.1 Å². The molecule has 0 atom stereocenters. The molecule has 1 aliphatic heterocycles. The van der Waals surface area contributed by atoms with Gasteiger partial charge in [-0.3, -0.25) is 9.59 Å². The first-order valence-corrected chi connectivity index (χ1v) is 9.97. The van der Waals surface area contributed by atoms with E-state index in [-0.39, 0.29) is 23.5 Å². The van der Waals surface area contributed by atoms with E-state index < -0.39 is 0 Å². The number of piperidine rings is 1. The highest BCUT2D eigenvalue weighted by atomic mass is 19.1. The lowest BCUT2D eigenvalue weighted by atomic mass is 9.95. The van der Waals surface area contributed by atoms with Crippen LogP contribution in [0.4, 0.5) is 4.39 Å². The zero-order chi connectivity index (χ0) is 20.9. The molecule has 1 saturated heterocycles. The number of carbonyl (C=O) groups is 2. The van der Waals surface area contributed by atoms with Gasteiger partial charge >= 0.3 is 0 Å². The number of benzene rings is 3. The van der Waals surface area contributed by atoms with Gasteiger partial charge in [0.2, 0.25) is 5.91 Å². The van der Waals surface area contributed by atoms with E-state index >= 15 is 0 Å². The lowest BCUT2D eigenvalue weighted by molar-refractivity contribution is -0.126. The highest BCUT2D eigenvalue weighted by molar-refractivity contribution is 6.00. The lowest BCUT2D eigenvalue weighted by Gasteiger charge is -2.31. The molecule has 0 spiro atoms. The minimum absolute atomic E-state index is 0.136. The first kappa shape index (κ1) is 19.8. The molecule has 1 N–H and O–H groups in total. The molecule has 5 nitrogen and oxygen atoms in total. The molecule has 1 fully saturated rings. The first-order chi connectivity index (χ1) is 14.6. The van der Waals surface area contributed by atoms with E-state index in [9.17, 15) is 14.0 Å². The van der Waals surface area contributed by atoms with E-state index in [4.69, 9.17) is 0 Å². The molecule has 30 heavy (non-hydrogen) atoms. The molecular weight excluding hydrogens is 381 g/mol. The van der Waals surface area contributed by atoms with Gasteiger partial charge in [0.25, 0.3) is 5.91 Å². The summed E-state index contributed by atoms with van der Waals surface area (Å²) in [5.41, 5.74) is 4.03. The van der Waals surface area contributed by atoms with Crippen LogP contribution >= 0.6 is 0 Å². The molecule has 4 rings (SSSR count). The largest absolute Gasteiger partial charge is 0.339 e. The lowest BCUT2D eigenvalue weighted by Crippen LogP contribution is -2.42. The van der Waals surface area contributed by atoms with Crippen molar-refractivity contribution in [1.82, 2.24) is 10.3 Å². The maximum Gasteiger partial charge on any atom is 0.253 e. The second kappa shape index (κ2) is 8.86. The van der Waals surface area contributed by atoms with E-state index in [0.29, 0.717) is 31.5 Å². The van der Waals surface area contributed by atoms with Crippen LogP contribution in [0.25, 0.3) is 10.8 Å². The molecule has 3 aromatic carbocycles. The number of hydrogen-bond donors (Lipinski definition) is 1. The summed E-state index contributed by atoms with van der Waals surface area (Å²) in [4.78, 5) is 26.7. The highest BCUT2D eigenvalue weighted by Crippen LogP contribution is 2.20. The predicted octanol–water partition coefficient (Wildman–Crippen LogP) is 3.98. The van der Waals surface area contributed by atoms with Crippen LogP contribution in [-0.2, 0) is 4.79 Å². The fourth-order valence-corrected chi connectivity index (χ4v) is 3.74. The van der Waals surface area contributed by atoms with Crippen molar-refractivity contribution in [3.05, 3.63) is 83.7 Å². The SMILES string of the molecule is O=C(N/N=C\c1cccc2ccccc12)C1CCN(C(=O)c2ccc(F)cc2)CC1. The molecule has 6 heteroatoms. The molecule has 0 aromatic heterocycles. The third kappa shape index (κ3) is 4.38. The van der Waals surface area contributed by atoms with E-state index in [1.54, 1.807) is 11.1 Å². The normalized spacial score (nSPS) is 14.9. The van der Waals surface area contributed by atoms with E-state index in [1.165, 1.54) is 24.3 Å². The van der Waals surface area contributed by atoms with Crippen molar-refractivity contribution in [3.63, 3.8) is 0 Å². The molecule has 1 heterocycles. The number of amides is 2. The summed E-state index contributed by atoms with van der Waals surface area (Å²) >= 11 is 0. The van der Waals surface area contributed by atoms with E-state index in [2.05, 4.69) is 10.5 Å². The van der Waals surface area contributed by atoms with Gasteiger partial charge < -0.3 is 4.90 Å². The first-order valence-electron chi connectivity index (χ1n) is 9.97. The Bertz CT molecular complexity index is 1080. The van der Waals surface area contributed by atoms with Gasteiger partial charge in [0.1, 0.15) is 5.82 Å². The standard InChI is InChI=1S/C24H22FN3O2/c25-21-10-8-19(9-11-21)24(30)28-14-12-18(13-15-28)23(29)27-26-16-20-6-3-5-17-4-1-2-7-22(17)20/h1-11,16,18H,12-15H2,(H,27,29)/b26-16-. The maximum absolute atomic E-state index is 13.0. The Morgan fingerprint density at radius 1 is 0.967 bits per heavy atom. The Morgan fingerprint density at radius 2 is 1.67 bits per heavy atom. The fraction of sp³-hybridized carbons (Fsp3) is 0.208. The van der Waals surface area contributed by atoms with Gasteiger partial charge in [-0.25, -0.2) is 9.82 Å². The Hall–Kier alpha value is -3.54. The quantitative estimate of drug-likeness (QED) is 0.529. The number of hydrazone groups is 1. The summed E-state index contributed by atoms with van der Waals surface area (Å²) in [6.45, 7) is 0.975. The van der Waals surface area contributed by atoms with Gasteiger partial charge in [-0.15, -0.1) is 0 Å². The van der Waals surface area contributed by atoms with Crippen LogP contribution in [0.5, 0.6) is 0 Å². The number of carbonyl (C=O) groups excluding carboxylic acids is 2. The fourth-order valence-electron chi connectivity index (χ4n) is 3.74. The molecule has 3 aromatic rings. The second-order valence-corrected chi connectivity index (χ2v) is 7.38. The summed E-state index contributed by atoms with van der Waals surface area (Å²) in [6.07, 6.45) is 2.80. The zero-order valence-corrected chi connectivity index (χ0v) is 16.4. The highest BCUT2D eigenvalue weighted by Gasteiger charge is 2.27. The van der Waals surface area contributed by atoms with Gasteiger partial charge in [0.15, 0.2) is 0 Å². The van der Waals surface area contributed by atoms with Crippen molar-refractivity contribution < 1.29 is 14.0 Å². The van der Waals surface area contributed by atoms with Crippen LogP contribution in [0.3, 0.4) is 0 Å². The van der Waals surface area contributed by atoms with Crippen LogP contribution in [0.2, 0.25) is 0 Å². The van der Waals surface area contributed by atoms with E-state index in [0.717, 1.165) is 16.3 Å². The minimum atomic E-state index is -0.369. The number of fused-ring (bicyclic) bond motifs is 1. The van der Waals surface area contributed by atoms with Crippen molar-refractivity contribution in [1.29, 1.82) is 0 Å². The second-order valence-electron chi connectivity index (χ2n) is 7.38. The zero-order valence-electron chi connectivity index (χ0n) is 16.4. The molecule has 0 unspecified atom stereocenters. The van der Waals surface area contributed by atoms with Crippen LogP contribution in [0.15, 0.2) is 71.8 Å². The van der Waals surface area contributed by atoms with Gasteiger partial charge in [-0.2, -0.15) is 5.10 Å². The van der Waals surface area contributed by atoms with Crippen LogP contribution in [0.1, 0.15) is 28.8 Å². The number of halogens is 1. The molecule has 2 amide bonds. The smallest absolute Gasteiger partial charge is 0.253 e. The Labute approximate surface area is 174 Å². The van der Waals surface area contributed by atoms with Crippen molar-refractivity contribution in [2.24, 2.45) is 11.0 Å². The number of likely N-dealkylation sites (tertiary alicyclic amines) is 1. The van der Waals surface area contributed by atoms with Gasteiger partial charge in [0.05, 0.1) is 6.21 Å². The summed E-state index contributed by atoms with van der Waals surface area (Å²) in [5.74, 6) is -0.832. The topological polar surface area (TPSA) is 61.8 Å². The number of nitrogens with zero attached hydrogens (tertiary/aromatic N) is 2. The van der Waals surface area contributed by atoms with Crippen molar-refractivity contribution in [3.8, 4) is 0 Å². The van der Waals surface area contributed by atoms with Crippen LogP contribution in [-0.4, -0.2) is 36.0 Å². The van der Waals surface area contributed by atoms with Crippen LogP contribution < -0.4 is 5.43 Å². The Kier molecular flexibility index (Phi) is 5.84. The van der Waals surface area contributed by atoms with Gasteiger partial charge in [-0.1, -0.05) is 42.5 Å². The third-order valence-electron chi connectivity index (χ3n) is 5.45. The van der Waals surface area contributed by atoms with Gasteiger partial charge in [-0.05, 0) is 47.9 Å². The molecular formula is C24H22FN3O2. The Morgan fingerprint density at radius 3 is 2.43 bits per heavy atom. The molecule has 1 aliphatic rings. The summed E-state index contributed by atoms with van der Waals surface area (Å²) in [7, 11) is 0. The Balaban J connectivity index is 1.31. The molecule has 0 radical (unpaired) electrons. The number of rotatable bonds is 4. The predicted molar refractivity (Wildman–Crippen MR) is 115 cm³/mol. The summed E-state index contributed by atoms with van der Waals surface area (Å²) in [6, 6.07) is 19.5. The summed E-state index contributed by atoms with van der Waals surface area (Å²) < 4.78 is 13.0. The monoisotopic (exact) mass is 403 g/mol. The van der Waals surface area contributed by atoms with Crippen molar-refractivity contribution >= 4 is 28.8 Å². The molecule has 0 saturated carbocycles.